The van der Waals surface area contributed by atoms with E-state index in [0.29, 0.717) is 17.3 Å². The molecule has 10 heteroatoms. The zero-order chi connectivity index (χ0) is 20.2. The highest BCUT2D eigenvalue weighted by atomic mass is 35.5. The highest BCUT2D eigenvalue weighted by molar-refractivity contribution is 7.13. The van der Waals surface area contributed by atoms with E-state index in [1.807, 2.05) is 12.1 Å². The normalized spacial score (nSPS) is 14.8. The first-order valence-corrected chi connectivity index (χ1v) is 10.2. The molecule has 0 aliphatic carbocycles. The van der Waals surface area contributed by atoms with Crippen LogP contribution in [0.2, 0.25) is 5.02 Å². The van der Waals surface area contributed by atoms with E-state index in [1.54, 1.807) is 6.20 Å². The Hall–Kier alpha value is -2.62. The molecule has 3 aromatic rings. The molecule has 3 heterocycles. The number of halogens is 2. The van der Waals surface area contributed by atoms with Crippen LogP contribution in [-0.2, 0) is 6.54 Å². The molecule has 1 aliphatic heterocycles. The third-order valence-corrected chi connectivity index (χ3v) is 5.66. The Bertz CT molecular complexity index is 973. The largest absolute Gasteiger partial charge is 0.354 e. The van der Waals surface area contributed by atoms with E-state index >= 15 is 0 Å². The number of anilines is 2. The molecule has 4 rings (SSSR count). The van der Waals surface area contributed by atoms with Crippen LogP contribution in [0.1, 0.15) is 14.8 Å². The monoisotopic (exact) mass is 432 g/mol. The minimum atomic E-state index is -0.354. The summed E-state index contributed by atoms with van der Waals surface area (Å²) in [5.41, 5.74) is 0.514. The fraction of sp³-hybridized carbons (Fsp3) is 0.263. The highest BCUT2D eigenvalue weighted by Crippen LogP contribution is 2.19. The smallest absolute Gasteiger partial charge is 0.286 e. The molecule has 0 radical (unpaired) electrons. The number of carbonyl (C=O) groups is 1. The fourth-order valence-corrected chi connectivity index (χ4v) is 3.90. The number of nitrogens with one attached hydrogen (secondary N) is 1. The molecule has 7 nitrogen and oxygen atoms in total. The summed E-state index contributed by atoms with van der Waals surface area (Å²) in [7, 11) is 0. The average Bonchev–Trinajstić information content (AvgIpc) is 3.20. The van der Waals surface area contributed by atoms with Crippen LogP contribution in [-0.4, -0.2) is 52.2 Å². The van der Waals surface area contributed by atoms with E-state index in [2.05, 4.69) is 30.3 Å². The van der Waals surface area contributed by atoms with Crippen molar-refractivity contribution in [2.75, 3.05) is 36.4 Å². The van der Waals surface area contributed by atoms with Gasteiger partial charge >= 0.3 is 0 Å². The van der Waals surface area contributed by atoms with Crippen LogP contribution in [0.3, 0.4) is 0 Å². The van der Waals surface area contributed by atoms with Crippen LogP contribution >= 0.6 is 22.9 Å². The van der Waals surface area contributed by atoms with Crippen LogP contribution < -0.4 is 10.2 Å². The number of hydrogen-bond acceptors (Lipinski definition) is 7. The molecule has 0 atom stereocenters. The van der Waals surface area contributed by atoms with Gasteiger partial charge in [-0.2, -0.15) is 0 Å². The van der Waals surface area contributed by atoms with E-state index in [-0.39, 0.29) is 16.7 Å². The van der Waals surface area contributed by atoms with Gasteiger partial charge in [0.1, 0.15) is 16.6 Å². The number of aromatic nitrogens is 3. The Morgan fingerprint density at radius 3 is 2.55 bits per heavy atom. The second-order valence-corrected chi connectivity index (χ2v) is 8.06. The average molecular weight is 433 g/mol. The SMILES string of the molecule is O=C(Nc1ccc(F)cc1)c1nnc(CN2CCN(c3ccc(Cl)cn3)CC2)s1. The molecule has 0 unspecified atom stereocenters. The number of rotatable bonds is 5. The molecule has 150 valence electrons. The van der Waals surface area contributed by atoms with Gasteiger partial charge < -0.3 is 10.2 Å². The van der Waals surface area contributed by atoms with Crippen LogP contribution in [0.25, 0.3) is 0 Å². The van der Waals surface area contributed by atoms with Gasteiger partial charge in [-0.25, -0.2) is 9.37 Å². The lowest BCUT2D eigenvalue weighted by molar-refractivity contribution is 0.102. The summed E-state index contributed by atoms with van der Waals surface area (Å²) in [5.74, 6) is 0.219. The van der Waals surface area contributed by atoms with Crippen LogP contribution in [0.5, 0.6) is 0 Å². The predicted octanol–water partition coefficient (Wildman–Crippen LogP) is 3.30. The van der Waals surface area contributed by atoms with Crippen molar-refractivity contribution in [1.82, 2.24) is 20.1 Å². The number of amides is 1. The molecule has 2 aromatic heterocycles. The van der Waals surface area contributed by atoms with Gasteiger partial charge in [0.05, 0.1) is 11.6 Å². The summed E-state index contributed by atoms with van der Waals surface area (Å²) in [4.78, 5) is 21.1. The molecule has 1 aliphatic rings. The molecular formula is C19H18ClFN6OS. The first-order valence-electron chi connectivity index (χ1n) is 9.05. The number of pyridine rings is 1. The molecule has 1 fully saturated rings. The van der Waals surface area contributed by atoms with Gasteiger partial charge in [-0.3, -0.25) is 9.69 Å². The molecule has 1 aromatic carbocycles. The van der Waals surface area contributed by atoms with Crippen molar-refractivity contribution in [2.24, 2.45) is 0 Å². The molecule has 29 heavy (non-hydrogen) atoms. The Kier molecular flexibility index (Phi) is 5.98. The van der Waals surface area contributed by atoms with Crippen molar-refractivity contribution in [3.63, 3.8) is 0 Å². The Balaban J connectivity index is 1.29. The standard InChI is InChI=1S/C19H18ClFN6OS/c20-13-1-6-16(22-11-13)27-9-7-26(8-10-27)12-17-24-25-19(29-17)18(28)23-15-4-2-14(21)3-5-15/h1-6,11H,7-10,12H2,(H,23,28). The molecule has 1 N–H and O–H groups in total. The third kappa shape index (κ3) is 5.06. The summed E-state index contributed by atoms with van der Waals surface area (Å²) in [6.07, 6.45) is 1.66. The van der Waals surface area contributed by atoms with Gasteiger partial charge in [0.25, 0.3) is 5.91 Å². The zero-order valence-electron chi connectivity index (χ0n) is 15.4. The minimum absolute atomic E-state index is 0.285. The van der Waals surface area contributed by atoms with E-state index in [9.17, 15) is 9.18 Å². The molecule has 0 bridgehead atoms. The first kappa shape index (κ1) is 19.7. The zero-order valence-corrected chi connectivity index (χ0v) is 17.0. The molecule has 1 amide bonds. The van der Waals surface area contributed by atoms with Crippen molar-refractivity contribution in [3.8, 4) is 0 Å². The van der Waals surface area contributed by atoms with E-state index in [0.717, 1.165) is 37.0 Å². The van der Waals surface area contributed by atoms with Gasteiger partial charge in [-0.1, -0.05) is 22.9 Å². The second-order valence-electron chi connectivity index (χ2n) is 6.56. The van der Waals surface area contributed by atoms with Gasteiger partial charge in [0.15, 0.2) is 0 Å². The Morgan fingerprint density at radius 2 is 1.86 bits per heavy atom. The Morgan fingerprint density at radius 1 is 1.10 bits per heavy atom. The topological polar surface area (TPSA) is 74.2 Å². The lowest BCUT2D eigenvalue weighted by Crippen LogP contribution is -2.46. The van der Waals surface area contributed by atoms with E-state index < -0.39 is 0 Å². The van der Waals surface area contributed by atoms with Gasteiger partial charge in [-0.05, 0) is 36.4 Å². The van der Waals surface area contributed by atoms with Crippen LogP contribution in [0.4, 0.5) is 15.9 Å². The number of piperazine rings is 1. The van der Waals surface area contributed by atoms with E-state index in [4.69, 9.17) is 11.6 Å². The maximum Gasteiger partial charge on any atom is 0.286 e. The minimum Gasteiger partial charge on any atom is -0.354 e. The molecule has 1 saturated heterocycles. The number of hydrogen-bond donors (Lipinski definition) is 1. The van der Waals surface area contributed by atoms with E-state index in [1.165, 1.54) is 35.6 Å². The van der Waals surface area contributed by atoms with Crippen LogP contribution in [0, 0.1) is 5.82 Å². The molecule has 0 spiro atoms. The lowest BCUT2D eigenvalue weighted by Gasteiger charge is -2.34. The number of carbonyl (C=O) groups excluding carboxylic acids is 1. The lowest BCUT2D eigenvalue weighted by atomic mass is 10.3. The summed E-state index contributed by atoms with van der Waals surface area (Å²) in [5, 5.41) is 12.5. The summed E-state index contributed by atoms with van der Waals surface area (Å²) >= 11 is 7.16. The summed E-state index contributed by atoms with van der Waals surface area (Å²) < 4.78 is 13.0. The van der Waals surface area contributed by atoms with Crippen molar-refractivity contribution in [1.29, 1.82) is 0 Å². The maximum atomic E-state index is 13.0. The quantitative estimate of drug-likeness (QED) is 0.666. The van der Waals surface area contributed by atoms with Crippen molar-refractivity contribution in [2.45, 2.75) is 6.54 Å². The highest BCUT2D eigenvalue weighted by Gasteiger charge is 2.20. The maximum absolute atomic E-state index is 13.0. The Labute approximate surface area is 176 Å². The van der Waals surface area contributed by atoms with Crippen molar-refractivity contribution in [3.05, 3.63) is 63.5 Å². The summed E-state index contributed by atoms with van der Waals surface area (Å²) in [6, 6.07) is 9.36. The van der Waals surface area contributed by atoms with Gasteiger partial charge in [0, 0.05) is 38.1 Å². The predicted molar refractivity (Wildman–Crippen MR) is 111 cm³/mol. The van der Waals surface area contributed by atoms with Gasteiger partial charge in [0.2, 0.25) is 5.01 Å². The molecule has 0 saturated carbocycles. The van der Waals surface area contributed by atoms with Crippen LogP contribution in [0.15, 0.2) is 42.6 Å². The van der Waals surface area contributed by atoms with Gasteiger partial charge in [-0.15, -0.1) is 10.2 Å². The number of benzene rings is 1. The summed E-state index contributed by atoms with van der Waals surface area (Å²) in [6.45, 7) is 4.07. The van der Waals surface area contributed by atoms with Crippen molar-refractivity contribution < 1.29 is 9.18 Å². The molecular weight excluding hydrogens is 415 g/mol. The van der Waals surface area contributed by atoms with Crippen molar-refractivity contribution >= 4 is 40.4 Å². The fourth-order valence-electron chi connectivity index (χ4n) is 3.01. The third-order valence-electron chi connectivity index (χ3n) is 4.53. The second kappa shape index (κ2) is 8.81. The number of nitrogens with zero attached hydrogens (tertiary/aromatic N) is 5. The first-order chi connectivity index (χ1) is 14.1.